The Bertz CT molecular complexity index is 1160. The minimum atomic E-state index is -3.53. The fourth-order valence-electron chi connectivity index (χ4n) is 5.14. The van der Waals surface area contributed by atoms with Gasteiger partial charge >= 0.3 is 0 Å². The lowest BCUT2D eigenvalue weighted by molar-refractivity contribution is 0.291. The van der Waals surface area contributed by atoms with E-state index in [9.17, 15) is 8.42 Å². The van der Waals surface area contributed by atoms with Crippen molar-refractivity contribution in [3.05, 3.63) is 83.9 Å². The van der Waals surface area contributed by atoms with Crippen molar-refractivity contribution in [2.24, 2.45) is 0 Å². The van der Waals surface area contributed by atoms with Gasteiger partial charge in [0.05, 0.1) is 18.6 Å². The summed E-state index contributed by atoms with van der Waals surface area (Å²) in [6, 6.07) is 18.7. The summed E-state index contributed by atoms with van der Waals surface area (Å²) in [7, 11) is -3.53. The van der Waals surface area contributed by atoms with Crippen LogP contribution in [0.2, 0.25) is 0 Å². The molecular weight excluding hydrogens is 446 g/mol. The van der Waals surface area contributed by atoms with E-state index in [0.717, 1.165) is 49.0 Å². The molecule has 0 bridgehead atoms. The first kappa shape index (κ1) is 23.1. The zero-order valence-electron chi connectivity index (χ0n) is 19.5. The van der Waals surface area contributed by atoms with E-state index in [1.165, 1.54) is 5.56 Å². The highest BCUT2D eigenvalue weighted by atomic mass is 32.2. The summed E-state index contributed by atoms with van der Waals surface area (Å²) in [5, 5.41) is 0. The Balaban J connectivity index is 1.49. The summed E-state index contributed by atoms with van der Waals surface area (Å²) in [5.74, 6) is 0. The molecule has 0 aliphatic carbocycles. The molecule has 1 saturated heterocycles. The highest BCUT2D eigenvalue weighted by Gasteiger charge is 2.37. The molecule has 180 valence electrons. The Morgan fingerprint density at radius 2 is 1.71 bits per heavy atom. The number of fused-ring (bicyclic) bond motifs is 1. The normalized spacial score (nSPS) is 20.1. The Hall–Kier alpha value is -2.68. The molecule has 2 aliphatic heterocycles. The van der Waals surface area contributed by atoms with Crippen molar-refractivity contribution in [1.82, 2.24) is 18.6 Å². The number of aryl methyl sites for hydroxylation is 1. The van der Waals surface area contributed by atoms with Crippen LogP contribution in [0.1, 0.15) is 42.5 Å². The Morgan fingerprint density at radius 3 is 2.47 bits per heavy atom. The fraction of sp³-hybridized carbons (Fsp3) is 0.423. The molecule has 1 atom stereocenters. The second-order valence-electron chi connectivity index (χ2n) is 9.27. The van der Waals surface area contributed by atoms with E-state index in [-0.39, 0.29) is 6.04 Å². The molecule has 1 N–H and O–H groups in total. The minimum absolute atomic E-state index is 0.0340. The third-order valence-corrected chi connectivity index (χ3v) is 8.92. The molecule has 0 unspecified atom stereocenters. The number of hydrogen-bond donors (Lipinski definition) is 1. The van der Waals surface area contributed by atoms with Crippen LogP contribution in [0, 0.1) is 0 Å². The topological polar surface area (TPSA) is 72.5 Å². The summed E-state index contributed by atoms with van der Waals surface area (Å²) < 4.78 is 30.9. The molecule has 3 heterocycles. The number of H-pyrrole nitrogens is 1. The van der Waals surface area contributed by atoms with E-state index < -0.39 is 10.2 Å². The molecule has 0 saturated carbocycles. The lowest BCUT2D eigenvalue weighted by Crippen LogP contribution is -2.49. The SMILES string of the molecule is O=S(=O)(N1CCCCC1)N1Cc2ccccc2N(Cc2cnc[nH]2)[C@H](CCc2ccccc2)C1. The third kappa shape index (κ3) is 5.04. The van der Waals surface area contributed by atoms with Gasteiger partial charge in [0, 0.05) is 44.1 Å². The number of aromatic amines is 1. The van der Waals surface area contributed by atoms with Crippen LogP contribution in [0.25, 0.3) is 0 Å². The molecule has 1 aromatic heterocycles. The lowest BCUT2D eigenvalue weighted by Gasteiger charge is -2.36. The van der Waals surface area contributed by atoms with Crippen molar-refractivity contribution in [2.45, 2.75) is 51.2 Å². The molecule has 0 spiro atoms. The summed E-state index contributed by atoms with van der Waals surface area (Å²) in [6.07, 6.45) is 8.28. The van der Waals surface area contributed by atoms with E-state index in [4.69, 9.17) is 0 Å². The summed E-state index contributed by atoms with van der Waals surface area (Å²) in [6.45, 7) is 2.76. The van der Waals surface area contributed by atoms with Gasteiger partial charge in [0.1, 0.15) is 0 Å². The van der Waals surface area contributed by atoms with Crippen LogP contribution in [-0.2, 0) is 29.7 Å². The molecule has 0 amide bonds. The second kappa shape index (κ2) is 10.3. The largest absolute Gasteiger partial charge is 0.361 e. The van der Waals surface area contributed by atoms with Gasteiger partial charge in [-0.15, -0.1) is 0 Å². The number of piperidine rings is 1. The van der Waals surface area contributed by atoms with Gasteiger partial charge in [0.15, 0.2) is 0 Å². The van der Waals surface area contributed by atoms with Crippen molar-refractivity contribution in [2.75, 3.05) is 24.5 Å². The van der Waals surface area contributed by atoms with Crippen LogP contribution in [-0.4, -0.2) is 52.7 Å². The number of nitrogens with zero attached hydrogens (tertiary/aromatic N) is 4. The van der Waals surface area contributed by atoms with Gasteiger partial charge in [-0.25, -0.2) is 4.98 Å². The Morgan fingerprint density at radius 1 is 0.941 bits per heavy atom. The van der Waals surface area contributed by atoms with E-state index in [1.807, 2.05) is 24.4 Å². The van der Waals surface area contributed by atoms with Crippen LogP contribution < -0.4 is 4.90 Å². The van der Waals surface area contributed by atoms with Crippen molar-refractivity contribution >= 4 is 15.9 Å². The molecule has 2 aromatic carbocycles. The van der Waals surface area contributed by atoms with Gasteiger partial charge in [-0.1, -0.05) is 55.0 Å². The van der Waals surface area contributed by atoms with Crippen LogP contribution in [0.4, 0.5) is 5.69 Å². The fourth-order valence-corrected chi connectivity index (χ4v) is 6.85. The van der Waals surface area contributed by atoms with Gasteiger partial charge in [-0.2, -0.15) is 17.0 Å². The van der Waals surface area contributed by atoms with Gasteiger partial charge in [0.2, 0.25) is 0 Å². The van der Waals surface area contributed by atoms with Crippen molar-refractivity contribution < 1.29 is 8.42 Å². The van der Waals surface area contributed by atoms with Crippen LogP contribution >= 0.6 is 0 Å². The predicted octanol–water partition coefficient (Wildman–Crippen LogP) is 3.96. The number of aromatic nitrogens is 2. The summed E-state index contributed by atoms with van der Waals surface area (Å²) in [4.78, 5) is 9.81. The molecule has 34 heavy (non-hydrogen) atoms. The van der Waals surface area contributed by atoms with Gasteiger partial charge in [-0.05, 0) is 42.9 Å². The first-order valence-electron chi connectivity index (χ1n) is 12.2. The van der Waals surface area contributed by atoms with Gasteiger partial charge in [-0.3, -0.25) is 0 Å². The van der Waals surface area contributed by atoms with Crippen LogP contribution in [0.15, 0.2) is 67.1 Å². The molecular formula is C26H33N5O2S. The molecule has 7 nitrogen and oxygen atoms in total. The number of rotatable bonds is 7. The minimum Gasteiger partial charge on any atom is -0.361 e. The van der Waals surface area contributed by atoms with Crippen LogP contribution in [0.5, 0.6) is 0 Å². The standard InChI is InChI=1S/C26H33N5O2S/c32-34(33,29-15-7-2-8-16-29)30-18-23-11-5-6-12-26(23)31(19-24-17-27-21-28-24)25(20-30)14-13-22-9-3-1-4-10-22/h1,3-6,9-12,17,21,25H,2,7-8,13-16,18-20H2,(H,27,28)/t25-/m1/s1. The maximum absolute atomic E-state index is 13.8. The summed E-state index contributed by atoms with van der Waals surface area (Å²) in [5.41, 5.74) is 4.44. The Labute approximate surface area is 202 Å². The average Bonchev–Trinajstić information content (AvgIpc) is 3.33. The second-order valence-corrected chi connectivity index (χ2v) is 11.2. The van der Waals surface area contributed by atoms with Crippen LogP contribution in [0.3, 0.4) is 0 Å². The molecule has 5 rings (SSSR count). The van der Waals surface area contributed by atoms with Gasteiger partial charge < -0.3 is 9.88 Å². The predicted molar refractivity (Wildman–Crippen MR) is 135 cm³/mol. The third-order valence-electron chi connectivity index (χ3n) is 6.98. The quantitative estimate of drug-likeness (QED) is 0.557. The maximum atomic E-state index is 13.8. The number of para-hydroxylation sites is 1. The van der Waals surface area contributed by atoms with E-state index in [0.29, 0.717) is 32.7 Å². The Kier molecular flexibility index (Phi) is 6.99. The van der Waals surface area contributed by atoms with E-state index in [1.54, 1.807) is 14.9 Å². The number of nitrogens with one attached hydrogen (secondary N) is 1. The molecule has 3 aromatic rings. The van der Waals surface area contributed by atoms with Crippen molar-refractivity contribution in [3.8, 4) is 0 Å². The highest BCUT2D eigenvalue weighted by molar-refractivity contribution is 7.86. The molecule has 1 fully saturated rings. The van der Waals surface area contributed by atoms with E-state index in [2.05, 4.69) is 51.3 Å². The van der Waals surface area contributed by atoms with E-state index >= 15 is 0 Å². The maximum Gasteiger partial charge on any atom is 0.282 e. The molecule has 2 aliphatic rings. The zero-order valence-corrected chi connectivity index (χ0v) is 20.3. The zero-order chi connectivity index (χ0) is 23.4. The number of benzene rings is 2. The van der Waals surface area contributed by atoms with Gasteiger partial charge in [0.25, 0.3) is 10.2 Å². The highest BCUT2D eigenvalue weighted by Crippen LogP contribution is 2.33. The van der Waals surface area contributed by atoms with Crippen molar-refractivity contribution in [1.29, 1.82) is 0 Å². The molecule has 8 heteroatoms. The van der Waals surface area contributed by atoms with Crippen molar-refractivity contribution in [3.63, 3.8) is 0 Å². The molecule has 0 radical (unpaired) electrons. The first-order valence-corrected chi connectivity index (χ1v) is 13.6. The average molecular weight is 480 g/mol. The number of imidazole rings is 1. The smallest absolute Gasteiger partial charge is 0.282 e. The summed E-state index contributed by atoms with van der Waals surface area (Å²) >= 11 is 0. The lowest BCUT2D eigenvalue weighted by atomic mass is 10.0. The first-order chi connectivity index (χ1) is 16.6. The number of anilines is 1. The number of hydrogen-bond acceptors (Lipinski definition) is 4. The monoisotopic (exact) mass is 479 g/mol.